The van der Waals surface area contributed by atoms with Crippen molar-refractivity contribution in [1.82, 2.24) is 0 Å². The van der Waals surface area contributed by atoms with Crippen molar-refractivity contribution in [3.05, 3.63) is 12.2 Å². The quantitative estimate of drug-likeness (QED) is 0.0583. The second-order valence-corrected chi connectivity index (χ2v) is 10.9. The molecule has 224 valence electrons. The molecule has 0 aromatic heterocycles. The van der Waals surface area contributed by atoms with Crippen LogP contribution in [0.15, 0.2) is 12.2 Å². The van der Waals surface area contributed by atoms with Crippen molar-refractivity contribution in [3.8, 4) is 0 Å². The standard InChI is InChI=1S/C33H62O5/c1-3-5-7-9-11-13-15-16-18-19-21-23-25-27-32(35)37-30-31(29-34)38-33(36)28-26-24-22-20-17-14-12-10-8-6-4-2/h10,12,31,34H,3-9,11,13-30H2,1-2H3/b12-10+/t31-/m0/s1. The Kier molecular flexibility index (Phi) is 29.1. The van der Waals surface area contributed by atoms with Crippen LogP contribution in [0.2, 0.25) is 0 Å². The van der Waals surface area contributed by atoms with Crippen molar-refractivity contribution < 1.29 is 24.2 Å². The van der Waals surface area contributed by atoms with Crippen molar-refractivity contribution in [3.63, 3.8) is 0 Å². The van der Waals surface area contributed by atoms with Gasteiger partial charge in [0.25, 0.3) is 0 Å². The van der Waals surface area contributed by atoms with Gasteiger partial charge in [-0.1, -0.05) is 135 Å². The molecule has 5 nitrogen and oxygen atoms in total. The predicted molar refractivity (Wildman–Crippen MR) is 159 cm³/mol. The lowest BCUT2D eigenvalue weighted by Gasteiger charge is -2.15. The maximum Gasteiger partial charge on any atom is 0.306 e. The number of aliphatic hydroxyl groups excluding tert-OH is 1. The molecule has 0 unspecified atom stereocenters. The molecule has 0 rings (SSSR count). The van der Waals surface area contributed by atoms with Crippen LogP contribution in [0, 0.1) is 0 Å². The Bertz CT molecular complexity index is 546. The molecular weight excluding hydrogens is 476 g/mol. The third-order valence-electron chi connectivity index (χ3n) is 7.06. The number of carbonyl (C=O) groups is 2. The highest BCUT2D eigenvalue weighted by atomic mass is 16.6. The number of hydrogen-bond acceptors (Lipinski definition) is 5. The first-order chi connectivity index (χ1) is 18.6. The minimum atomic E-state index is -0.766. The number of rotatable bonds is 29. The molecule has 0 heterocycles. The first-order valence-electron chi connectivity index (χ1n) is 16.2. The summed E-state index contributed by atoms with van der Waals surface area (Å²) in [4.78, 5) is 24.0. The van der Waals surface area contributed by atoms with E-state index in [-0.39, 0.29) is 25.2 Å². The summed E-state index contributed by atoms with van der Waals surface area (Å²) >= 11 is 0. The summed E-state index contributed by atoms with van der Waals surface area (Å²) in [5, 5.41) is 9.47. The van der Waals surface area contributed by atoms with Crippen molar-refractivity contribution in [2.75, 3.05) is 13.2 Å². The number of hydrogen-bond donors (Lipinski definition) is 1. The monoisotopic (exact) mass is 538 g/mol. The van der Waals surface area contributed by atoms with Gasteiger partial charge in [0.05, 0.1) is 6.61 Å². The van der Waals surface area contributed by atoms with Gasteiger partial charge in [0, 0.05) is 12.8 Å². The van der Waals surface area contributed by atoms with Crippen LogP contribution in [-0.2, 0) is 19.1 Å². The highest BCUT2D eigenvalue weighted by Gasteiger charge is 2.16. The van der Waals surface area contributed by atoms with Gasteiger partial charge in [0.15, 0.2) is 6.10 Å². The van der Waals surface area contributed by atoms with E-state index in [1.807, 2.05) is 0 Å². The summed E-state index contributed by atoms with van der Waals surface area (Å²) in [6.07, 6.45) is 31.2. The van der Waals surface area contributed by atoms with E-state index in [0.717, 1.165) is 44.9 Å². The lowest BCUT2D eigenvalue weighted by atomic mass is 10.0. The minimum absolute atomic E-state index is 0.0642. The maximum atomic E-state index is 12.0. The lowest BCUT2D eigenvalue weighted by Crippen LogP contribution is -2.28. The summed E-state index contributed by atoms with van der Waals surface area (Å²) in [5.74, 6) is -0.599. The van der Waals surface area contributed by atoms with E-state index >= 15 is 0 Å². The zero-order valence-corrected chi connectivity index (χ0v) is 25.2. The molecule has 0 aliphatic carbocycles. The number of allylic oxidation sites excluding steroid dienone is 2. The fraction of sp³-hybridized carbons (Fsp3) is 0.879. The fourth-order valence-corrected chi connectivity index (χ4v) is 4.53. The smallest absolute Gasteiger partial charge is 0.306 e. The second-order valence-electron chi connectivity index (χ2n) is 10.9. The van der Waals surface area contributed by atoms with E-state index in [2.05, 4.69) is 26.0 Å². The Balaban J connectivity index is 3.57. The Morgan fingerprint density at radius 1 is 0.579 bits per heavy atom. The molecule has 1 N–H and O–H groups in total. The zero-order chi connectivity index (χ0) is 27.9. The largest absolute Gasteiger partial charge is 0.462 e. The summed E-state index contributed by atoms with van der Waals surface area (Å²) in [7, 11) is 0. The summed E-state index contributed by atoms with van der Waals surface area (Å²) in [6, 6.07) is 0. The third-order valence-corrected chi connectivity index (χ3v) is 7.06. The van der Waals surface area contributed by atoms with Crippen molar-refractivity contribution >= 4 is 11.9 Å². The van der Waals surface area contributed by atoms with E-state index in [1.165, 1.54) is 96.3 Å². The van der Waals surface area contributed by atoms with Crippen molar-refractivity contribution in [2.45, 2.75) is 174 Å². The van der Waals surface area contributed by atoms with E-state index in [9.17, 15) is 14.7 Å². The van der Waals surface area contributed by atoms with Gasteiger partial charge in [-0.3, -0.25) is 9.59 Å². The molecule has 0 aromatic carbocycles. The molecule has 5 heteroatoms. The zero-order valence-electron chi connectivity index (χ0n) is 25.2. The molecule has 0 spiro atoms. The molecule has 0 bridgehead atoms. The topological polar surface area (TPSA) is 72.8 Å². The van der Waals surface area contributed by atoms with Gasteiger partial charge < -0.3 is 14.6 Å². The molecule has 0 aliphatic rings. The number of aliphatic hydroxyl groups is 1. The Morgan fingerprint density at radius 2 is 1.00 bits per heavy atom. The molecule has 38 heavy (non-hydrogen) atoms. The minimum Gasteiger partial charge on any atom is -0.462 e. The predicted octanol–water partition coefficient (Wildman–Crippen LogP) is 9.39. The Hall–Kier alpha value is -1.36. The average molecular weight is 539 g/mol. The number of esters is 2. The van der Waals surface area contributed by atoms with E-state index in [1.54, 1.807) is 0 Å². The number of ether oxygens (including phenoxy) is 2. The summed E-state index contributed by atoms with van der Waals surface area (Å²) < 4.78 is 10.5. The van der Waals surface area contributed by atoms with Gasteiger partial charge >= 0.3 is 11.9 Å². The van der Waals surface area contributed by atoms with Gasteiger partial charge in [-0.05, 0) is 32.1 Å². The van der Waals surface area contributed by atoms with Crippen LogP contribution in [0.25, 0.3) is 0 Å². The van der Waals surface area contributed by atoms with Gasteiger partial charge in [0.2, 0.25) is 0 Å². The van der Waals surface area contributed by atoms with Crippen LogP contribution in [0.3, 0.4) is 0 Å². The normalized spacial score (nSPS) is 12.2. The van der Waals surface area contributed by atoms with Gasteiger partial charge in [-0.15, -0.1) is 0 Å². The maximum absolute atomic E-state index is 12.0. The SMILES string of the molecule is CCCC/C=C/CCCCCCCC(=O)O[C@@H](CO)COC(=O)CCCCCCCCCCCCCCC. The number of carbonyl (C=O) groups excluding carboxylic acids is 2. The van der Waals surface area contributed by atoms with Crippen LogP contribution in [-0.4, -0.2) is 36.4 Å². The molecule has 0 radical (unpaired) electrons. The highest BCUT2D eigenvalue weighted by Crippen LogP contribution is 2.13. The second kappa shape index (κ2) is 30.2. The Labute approximate surface area is 235 Å². The van der Waals surface area contributed by atoms with E-state index in [4.69, 9.17) is 9.47 Å². The molecular formula is C33H62O5. The number of unbranched alkanes of at least 4 members (excludes halogenated alkanes) is 19. The fourth-order valence-electron chi connectivity index (χ4n) is 4.53. The van der Waals surface area contributed by atoms with Gasteiger partial charge in [-0.25, -0.2) is 0 Å². The van der Waals surface area contributed by atoms with Crippen LogP contribution < -0.4 is 0 Å². The average Bonchev–Trinajstić information content (AvgIpc) is 2.92. The third kappa shape index (κ3) is 27.7. The van der Waals surface area contributed by atoms with Crippen LogP contribution >= 0.6 is 0 Å². The molecule has 1 atom stereocenters. The Morgan fingerprint density at radius 3 is 1.50 bits per heavy atom. The van der Waals surface area contributed by atoms with E-state index in [0.29, 0.717) is 12.8 Å². The van der Waals surface area contributed by atoms with Crippen molar-refractivity contribution in [2.24, 2.45) is 0 Å². The molecule has 0 saturated heterocycles. The first-order valence-corrected chi connectivity index (χ1v) is 16.2. The lowest BCUT2D eigenvalue weighted by molar-refractivity contribution is -0.161. The molecule has 0 fully saturated rings. The molecule has 0 aromatic rings. The molecule has 0 amide bonds. The van der Waals surface area contributed by atoms with Gasteiger partial charge in [-0.2, -0.15) is 0 Å². The van der Waals surface area contributed by atoms with Crippen molar-refractivity contribution in [1.29, 1.82) is 0 Å². The van der Waals surface area contributed by atoms with Crippen LogP contribution in [0.1, 0.15) is 168 Å². The summed E-state index contributed by atoms with van der Waals surface area (Å²) in [5.41, 5.74) is 0. The van der Waals surface area contributed by atoms with E-state index < -0.39 is 6.10 Å². The highest BCUT2D eigenvalue weighted by molar-refractivity contribution is 5.70. The van der Waals surface area contributed by atoms with Gasteiger partial charge in [0.1, 0.15) is 6.61 Å². The van der Waals surface area contributed by atoms with Crippen LogP contribution in [0.4, 0.5) is 0 Å². The summed E-state index contributed by atoms with van der Waals surface area (Å²) in [6.45, 7) is 4.08. The molecule has 0 saturated carbocycles. The first kappa shape index (κ1) is 36.6. The molecule has 0 aliphatic heterocycles. The van der Waals surface area contributed by atoms with Crippen LogP contribution in [0.5, 0.6) is 0 Å².